The van der Waals surface area contributed by atoms with Gasteiger partial charge in [-0.2, -0.15) is 5.10 Å². The summed E-state index contributed by atoms with van der Waals surface area (Å²) >= 11 is 0. The molecule has 0 aliphatic heterocycles. The van der Waals surface area contributed by atoms with Crippen LogP contribution in [0.3, 0.4) is 0 Å². The molecule has 0 atom stereocenters. The number of hydrogen-bond donors (Lipinski definition) is 1. The molecule has 4 heteroatoms. The van der Waals surface area contributed by atoms with Crippen LogP contribution in [0.2, 0.25) is 0 Å². The third-order valence-electron chi connectivity index (χ3n) is 3.43. The molecule has 112 valence electrons. The third-order valence-corrected chi connectivity index (χ3v) is 3.43. The standard InChI is InChI=1S/C17H23N3O/c1-14(2)8-9-17(21)18-12-15-6-3-4-7-16(15)13-20-11-5-10-19-20/h3-7,10-11,14H,8-9,12-13H2,1-2H3,(H,18,21). The van der Waals surface area contributed by atoms with Crippen molar-refractivity contribution >= 4 is 5.91 Å². The highest BCUT2D eigenvalue weighted by atomic mass is 16.1. The predicted octanol–water partition coefficient (Wildman–Crippen LogP) is 2.98. The normalized spacial score (nSPS) is 10.8. The van der Waals surface area contributed by atoms with Crippen LogP contribution in [-0.4, -0.2) is 15.7 Å². The van der Waals surface area contributed by atoms with E-state index in [-0.39, 0.29) is 5.91 Å². The molecule has 4 nitrogen and oxygen atoms in total. The van der Waals surface area contributed by atoms with E-state index >= 15 is 0 Å². The first kappa shape index (κ1) is 15.3. The van der Waals surface area contributed by atoms with Gasteiger partial charge in [0.15, 0.2) is 0 Å². The topological polar surface area (TPSA) is 46.9 Å². The minimum atomic E-state index is 0.123. The average molecular weight is 285 g/mol. The Bertz CT molecular complexity index is 561. The molecule has 1 heterocycles. The van der Waals surface area contributed by atoms with Gasteiger partial charge in [0.2, 0.25) is 5.91 Å². The Balaban J connectivity index is 1.92. The Morgan fingerprint density at radius 2 is 2.00 bits per heavy atom. The minimum absolute atomic E-state index is 0.123. The molecule has 2 aromatic rings. The van der Waals surface area contributed by atoms with E-state index in [0.717, 1.165) is 18.5 Å². The van der Waals surface area contributed by atoms with Crippen LogP contribution in [0.25, 0.3) is 0 Å². The van der Waals surface area contributed by atoms with Crippen LogP contribution in [0.5, 0.6) is 0 Å². The summed E-state index contributed by atoms with van der Waals surface area (Å²) in [5.74, 6) is 0.681. The molecule has 1 N–H and O–H groups in total. The predicted molar refractivity (Wildman–Crippen MR) is 83.7 cm³/mol. The van der Waals surface area contributed by atoms with Gasteiger partial charge in [-0.15, -0.1) is 0 Å². The molecule has 0 fully saturated rings. The first-order chi connectivity index (χ1) is 10.1. The second-order valence-electron chi connectivity index (χ2n) is 5.68. The van der Waals surface area contributed by atoms with Gasteiger partial charge in [0.05, 0.1) is 6.54 Å². The number of amides is 1. The smallest absolute Gasteiger partial charge is 0.220 e. The summed E-state index contributed by atoms with van der Waals surface area (Å²) in [7, 11) is 0. The van der Waals surface area contributed by atoms with E-state index in [2.05, 4.69) is 36.4 Å². The molecule has 1 aromatic heterocycles. The van der Waals surface area contributed by atoms with E-state index in [9.17, 15) is 4.79 Å². The Hall–Kier alpha value is -2.10. The highest BCUT2D eigenvalue weighted by Gasteiger charge is 2.06. The van der Waals surface area contributed by atoms with E-state index in [4.69, 9.17) is 0 Å². The van der Waals surface area contributed by atoms with Gasteiger partial charge in [-0.25, -0.2) is 0 Å². The Morgan fingerprint density at radius 3 is 2.67 bits per heavy atom. The van der Waals surface area contributed by atoms with Crippen molar-refractivity contribution in [2.24, 2.45) is 5.92 Å². The lowest BCUT2D eigenvalue weighted by Crippen LogP contribution is -2.23. The van der Waals surface area contributed by atoms with E-state index in [1.807, 2.05) is 29.1 Å². The summed E-state index contributed by atoms with van der Waals surface area (Å²) in [6.45, 7) is 5.57. The van der Waals surface area contributed by atoms with Crippen LogP contribution in [0, 0.1) is 5.92 Å². The SMILES string of the molecule is CC(C)CCC(=O)NCc1ccccc1Cn1cccn1. The van der Waals surface area contributed by atoms with Gasteiger partial charge in [-0.3, -0.25) is 9.48 Å². The van der Waals surface area contributed by atoms with Gasteiger partial charge in [-0.05, 0) is 29.5 Å². The van der Waals surface area contributed by atoms with Crippen LogP contribution in [-0.2, 0) is 17.9 Å². The number of nitrogens with zero attached hydrogens (tertiary/aromatic N) is 2. The molecule has 21 heavy (non-hydrogen) atoms. The molecule has 0 bridgehead atoms. The molecular weight excluding hydrogens is 262 g/mol. The Kier molecular flexibility index (Phi) is 5.55. The van der Waals surface area contributed by atoms with Gasteiger partial charge < -0.3 is 5.32 Å². The zero-order valence-electron chi connectivity index (χ0n) is 12.7. The molecule has 0 saturated carbocycles. The molecule has 0 radical (unpaired) electrons. The highest BCUT2D eigenvalue weighted by Crippen LogP contribution is 2.10. The third kappa shape index (κ3) is 5.06. The van der Waals surface area contributed by atoms with Crippen molar-refractivity contribution in [1.29, 1.82) is 0 Å². The second-order valence-corrected chi connectivity index (χ2v) is 5.68. The van der Waals surface area contributed by atoms with Crippen molar-refractivity contribution in [3.63, 3.8) is 0 Å². The van der Waals surface area contributed by atoms with Crippen LogP contribution >= 0.6 is 0 Å². The molecule has 0 aliphatic carbocycles. The van der Waals surface area contributed by atoms with Crippen LogP contribution in [0.1, 0.15) is 37.8 Å². The number of benzene rings is 1. The Labute approximate surface area is 126 Å². The Morgan fingerprint density at radius 1 is 1.24 bits per heavy atom. The first-order valence-corrected chi connectivity index (χ1v) is 7.46. The molecule has 0 spiro atoms. The van der Waals surface area contributed by atoms with E-state index < -0.39 is 0 Å². The fraction of sp³-hybridized carbons (Fsp3) is 0.412. The van der Waals surface area contributed by atoms with E-state index in [0.29, 0.717) is 18.9 Å². The summed E-state index contributed by atoms with van der Waals surface area (Å²) in [5.41, 5.74) is 2.33. The minimum Gasteiger partial charge on any atom is -0.352 e. The second kappa shape index (κ2) is 7.62. The van der Waals surface area contributed by atoms with E-state index in [1.165, 1.54) is 5.56 Å². The summed E-state index contributed by atoms with van der Waals surface area (Å²) in [4.78, 5) is 11.8. The van der Waals surface area contributed by atoms with Crippen molar-refractivity contribution in [3.05, 3.63) is 53.9 Å². The van der Waals surface area contributed by atoms with Crippen LogP contribution in [0.4, 0.5) is 0 Å². The molecule has 0 aliphatic rings. The zero-order valence-corrected chi connectivity index (χ0v) is 12.7. The quantitative estimate of drug-likeness (QED) is 0.850. The van der Waals surface area contributed by atoms with Crippen LogP contribution in [0.15, 0.2) is 42.7 Å². The summed E-state index contributed by atoms with van der Waals surface area (Å²) in [5, 5.41) is 7.23. The molecule has 0 saturated heterocycles. The number of rotatable bonds is 7. The highest BCUT2D eigenvalue weighted by molar-refractivity contribution is 5.75. The first-order valence-electron chi connectivity index (χ1n) is 7.46. The van der Waals surface area contributed by atoms with Crippen LogP contribution < -0.4 is 5.32 Å². The van der Waals surface area contributed by atoms with Crippen molar-refractivity contribution in [3.8, 4) is 0 Å². The zero-order chi connectivity index (χ0) is 15.1. The lowest BCUT2D eigenvalue weighted by molar-refractivity contribution is -0.121. The molecule has 0 unspecified atom stereocenters. The van der Waals surface area contributed by atoms with Crippen molar-refractivity contribution in [2.45, 2.75) is 39.8 Å². The average Bonchev–Trinajstić information content (AvgIpc) is 2.97. The van der Waals surface area contributed by atoms with Gasteiger partial charge >= 0.3 is 0 Å². The monoisotopic (exact) mass is 285 g/mol. The number of carbonyl (C=O) groups excluding carboxylic acids is 1. The maximum atomic E-state index is 11.8. The van der Waals surface area contributed by atoms with Gasteiger partial charge in [-0.1, -0.05) is 38.1 Å². The number of aromatic nitrogens is 2. The van der Waals surface area contributed by atoms with Crippen molar-refractivity contribution in [2.75, 3.05) is 0 Å². The summed E-state index contributed by atoms with van der Waals surface area (Å²) < 4.78 is 1.89. The molecule has 1 aromatic carbocycles. The van der Waals surface area contributed by atoms with Gasteiger partial charge in [0.1, 0.15) is 0 Å². The molecule has 2 rings (SSSR count). The lowest BCUT2D eigenvalue weighted by atomic mass is 10.1. The fourth-order valence-corrected chi connectivity index (χ4v) is 2.15. The van der Waals surface area contributed by atoms with Crippen molar-refractivity contribution in [1.82, 2.24) is 15.1 Å². The van der Waals surface area contributed by atoms with E-state index in [1.54, 1.807) is 6.20 Å². The number of carbonyl (C=O) groups is 1. The summed E-state index contributed by atoms with van der Waals surface area (Å²) in [6.07, 6.45) is 5.24. The lowest BCUT2D eigenvalue weighted by Gasteiger charge is -2.11. The number of nitrogens with one attached hydrogen (secondary N) is 1. The fourth-order valence-electron chi connectivity index (χ4n) is 2.15. The number of hydrogen-bond acceptors (Lipinski definition) is 2. The molecule has 1 amide bonds. The van der Waals surface area contributed by atoms with Crippen molar-refractivity contribution < 1.29 is 4.79 Å². The summed E-state index contributed by atoms with van der Waals surface area (Å²) in [6, 6.07) is 10.1. The largest absolute Gasteiger partial charge is 0.352 e. The van der Waals surface area contributed by atoms with Gasteiger partial charge in [0, 0.05) is 25.4 Å². The maximum Gasteiger partial charge on any atom is 0.220 e. The maximum absolute atomic E-state index is 11.8. The molecular formula is C17H23N3O. The van der Waals surface area contributed by atoms with Gasteiger partial charge in [0.25, 0.3) is 0 Å².